The highest BCUT2D eigenvalue weighted by Crippen LogP contribution is 2.16. The van der Waals surface area contributed by atoms with Crippen LogP contribution in [0.5, 0.6) is 0 Å². The van der Waals surface area contributed by atoms with E-state index in [0.717, 1.165) is 51.5 Å². The average Bonchev–Trinajstić information content (AvgIpc) is 3.10. The largest absolute Gasteiger partial charge is 0.376 e. The van der Waals surface area contributed by atoms with Crippen molar-refractivity contribution in [2.24, 2.45) is 4.99 Å². The van der Waals surface area contributed by atoms with Crippen LogP contribution in [0, 0.1) is 5.82 Å². The molecular weight excluding hydrogens is 307 g/mol. The van der Waals surface area contributed by atoms with Gasteiger partial charge in [-0.05, 0) is 38.3 Å². The van der Waals surface area contributed by atoms with Crippen molar-refractivity contribution in [3.63, 3.8) is 0 Å². The van der Waals surface area contributed by atoms with Gasteiger partial charge in [0.05, 0.1) is 18.3 Å². The Morgan fingerprint density at radius 2 is 2.21 bits per heavy atom. The molecule has 2 N–H and O–H groups in total. The van der Waals surface area contributed by atoms with Crippen molar-refractivity contribution in [1.82, 2.24) is 10.6 Å². The zero-order chi connectivity index (χ0) is 17.2. The minimum Gasteiger partial charge on any atom is -0.376 e. The summed E-state index contributed by atoms with van der Waals surface area (Å²) in [5.74, 6) is 0.640. The molecule has 134 valence electrons. The van der Waals surface area contributed by atoms with Gasteiger partial charge in [0.1, 0.15) is 5.82 Å². The number of anilines is 1. The van der Waals surface area contributed by atoms with Gasteiger partial charge in [-0.2, -0.15) is 0 Å². The SMILES string of the molecule is CCNC(=NCC1CCCO1)NCCCN(C)c1ccccc1F. The fourth-order valence-corrected chi connectivity index (χ4v) is 2.73. The third-order valence-electron chi connectivity index (χ3n) is 4.05. The Morgan fingerprint density at radius 3 is 2.92 bits per heavy atom. The number of hydrogen-bond acceptors (Lipinski definition) is 3. The van der Waals surface area contributed by atoms with Crippen molar-refractivity contribution < 1.29 is 9.13 Å². The summed E-state index contributed by atoms with van der Waals surface area (Å²) in [5, 5.41) is 6.57. The summed E-state index contributed by atoms with van der Waals surface area (Å²) in [7, 11) is 1.91. The van der Waals surface area contributed by atoms with E-state index in [4.69, 9.17) is 4.74 Å². The molecule has 0 aromatic heterocycles. The Morgan fingerprint density at radius 1 is 1.38 bits per heavy atom. The first-order valence-corrected chi connectivity index (χ1v) is 8.80. The lowest BCUT2D eigenvalue weighted by Crippen LogP contribution is -2.39. The van der Waals surface area contributed by atoms with Crippen molar-refractivity contribution >= 4 is 11.6 Å². The van der Waals surface area contributed by atoms with Gasteiger partial charge in [0, 0.05) is 33.3 Å². The zero-order valence-corrected chi connectivity index (χ0v) is 14.7. The molecule has 0 aliphatic carbocycles. The first kappa shape index (κ1) is 18.5. The molecule has 0 bridgehead atoms. The van der Waals surface area contributed by atoms with Crippen molar-refractivity contribution in [3.8, 4) is 0 Å². The summed E-state index contributed by atoms with van der Waals surface area (Å²) >= 11 is 0. The number of nitrogens with zero attached hydrogens (tertiary/aromatic N) is 2. The molecule has 1 fully saturated rings. The number of rotatable bonds is 8. The standard InChI is InChI=1S/C18H29FN4O/c1-3-20-18(22-14-15-8-6-13-24-15)21-11-7-12-23(2)17-10-5-4-9-16(17)19/h4-5,9-10,15H,3,6-8,11-14H2,1-2H3,(H2,20,21,22). The summed E-state index contributed by atoms with van der Waals surface area (Å²) < 4.78 is 19.3. The lowest BCUT2D eigenvalue weighted by Gasteiger charge is -2.20. The summed E-state index contributed by atoms with van der Waals surface area (Å²) in [4.78, 5) is 6.52. The predicted molar refractivity (Wildman–Crippen MR) is 97.2 cm³/mol. The topological polar surface area (TPSA) is 48.9 Å². The summed E-state index contributed by atoms with van der Waals surface area (Å²) in [6.07, 6.45) is 3.38. The Bertz CT molecular complexity index is 517. The van der Waals surface area contributed by atoms with E-state index in [1.807, 2.05) is 18.0 Å². The normalized spacial score (nSPS) is 17.8. The Labute approximate surface area is 144 Å². The molecule has 0 spiro atoms. The maximum absolute atomic E-state index is 13.7. The second kappa shape index (κ2) is 10.1. The highest BCUT2D eigenvalue weighted by Gasteiger charge is 2.14. The molecule has 24 heavy (non-hydrogen) atoms. The molecule has 0 amide bonds. The molecule has 1 saturated heterocycles. The van der Waals surface area contributed by atoms with Crippen LogP contribution >= 0.6 is 0 Å². The number of nitrogens with one attached hydrogen (secondary N) is 2. The number of para-hydroxylation sites is 1. The summed E-state index contributed by atoms with van der Waals surface area (Å²) in [5.41, 5.74) is 0.636. The van der Waals surface area contributed by atoms with Crippen LogP contribution in [0.4, 0.5) is 10.1 Å². The molecule has 1 aliphatic heterocycles. The van der Waals surface area contributed by atoms with Gasteiger partial charge in [-0.3, -0.25) is 4.99 Å². The molecule has 1 unspecified atom stereocenters. The van der Waals surface area contributed by atoms with Crippen LogP contribution in [0.25, 0.3) is 0 Å². The molecule has 0 saturated carbocycles. The predicted octanol–water partition coefficient (Wildman–Crippen LogP) is 2.39. The van der Waals surface area contributed by atoms with Gasteiger partial charge >= 0.3 is 0 Å². The number of hydrogen-bond donors (Lipinski definition) is 2. The average molecular weight is 336 g/mol. The fraction of sp³-hybridized carbons (Fsp3) is 0.611. The van der Waals surface area contributed by atoms with Crippen LogP contribution in [0.1, 0.15) is 26.2 Å². The number of aliphatic imine (C=N–C) groups is 1. The van der Waals surface area contributed by atoms with Crippen LogP contribution in [0.2, 0.25) is 0 Å². The van der Waals surface area contributed by atoms with E-state index in [0.29, 0.717) is 12.2 Å². The van der Waals surface area contributed by atoms with Gasteiger partial charge in [0.15, 0.2) is 5.96 Å². The number of halogens is 1. The molecule has 1 aliphatic rings. The second-order valence-electron chi connectivity index (χ2n) is 6.01. The van der Waals surface area contributed by atoms with Crippen LogP contribution in [-0.4, -0.2) is 51.9 Å². The molecule has 0 radical (unpaired) electrons. The molecular formula is C18H29FN4O. The Kier molecular flexibility index (Phi) is 7.82. The minimum atomic E-state index is -0.181. The Balaban J connectivity index is 1.71. The van der Waals surface area contributed by atoms with Crippen molar-refractivity contribution in [2.75, 3.05) is 44.7 Å². The lowest BCUT2D eigenvalue weighted by atomic mass is 10.2. The van der Waals surface area contributed by atoms with Crippen LogP contribution in [0.15, 0.2) is 29.3 Å². The molecule has 1 aromatic rings. The first-order valence-electron chi connectivity index (χ1n) is 8.80. The van der Waals surface area contributed by atoms with Gasteiger partial charge in [-0.1, -0.05) is 12.1 Å². The van der Waals surface area contributed by atoms with E-state index in [9.17, 15) is 4.39 Å². The zero-order valence-electron chi connectivity index (χ0n) is 14.7. The third kappa shape index (κ3) is 6.00. The monoisotopic (exact) mass is 336 g/mol. The van der Waals surface area contributed by atoms with Gasteiger partial charge in [0.25, 0.3) is 0 Å². The molecule has 1 aromatic carbocycles. The minimum absolute atomic E-state index is 0.181. The molecule has 5 nitrogen and oxygen atoms in total. The van der Waals surface area contributed by atoms with Crippen molar-refractivity contribution in [2.45, 2.75) is 32.3 Å². The number of benzene rings is 1. The Hall–Kier alpha value is -1.82. The molecule has 1 atom stereocenters. The molecule has 2 rings (SSSR count). The van der Waals surface area contributed by atoms with Gasteiger partial charge in [-0.15, -0.1) is 0 Å². The van der Waals surface area contributed by atoms with Crippen molar-refractivity contribution in [3.05, 3.63) is 30.1 Å². The van der Waals surface area contributed by atoms with Crippen LogP contribution in [-0.2, 0) is 4.74 Å². The maximum atomic E-state index is 13.7. The van der Waals surface area contributed by atoms with Gasteiger partial charge in [0.2, 0.25) is 0 Å². The second-order valence-corrected chi connectivity index (χ2v) is 6.01. The van der Waals surface area contributed by atoms with Crippen LogP contribution < -0.4 is 15.5 Å². The van der Waals surface area contributed by atoms with E-state index in [-0.39, 0.29) is 11.9 Å². The van der Waals surface area contributed by atoms with Gasteiger partial charge in [-0.25, -0.2) is 4.39 Å². The third-order valence-corrected chi connectivity index (χ3v) is 4.05. The van der Waals surface area contributed by atoms with Crippen LogP contribution in [0.3, 0.4) is 0 Å². The quantitative estimate of drug-likeness (QED) is 0.435. The number of guanidine groups is 1. The maximum Gasteiger partial charge on any atom is 0.191 e. The van der Waals surface area contributed by atoms with E-state index < -0.39 is 0 Å². The first-order chi connectivity index (χ1) is 11.7. The summed E-state index contributed by atoms with van der Waals surface area (Å²) in [6.45, 7) is 5.99. The molecule has 6 heteroatoms. The van der Waals surface area contributed by atoms with E-state index >= 15 is 0 Å². The van der Waals surface area contributed by atoms with Crippen molar-refractivity contribution in [1.29, 1.82) is 0 Å². The smallest absolute Gasteiger partial charge is 0.191 e. The molecule has 1 heterocycles. The highest BCUT2D eigenvalue weighted by atomic mass is 19.1. The highest BCUT2D eigenvalue weighted by molar-refractivity contribution is 5.79. The van der Waals surface area contributed by atoms with Gasteiger partial charge < -0.3 is 20.3 Å². The van der Waals surface area contributed by atoms with E-state index in [1.165, 1.54) is 6.07 Å². The van der Waals surface area contributed by atoms with E-state index in [2.05, 4.69) is 22.5 Å². The lowest BCUT2D eigenvalue weighted by molar-refractivity contribution is 0.117. The number of ether oxygens (including phenoxy) is 1. The van der Waals surface area contributed by atoms with E-state index in [1.54, 1.807) is 12.1 Å². The summed E-state index contributed by atoms with van der Waals surface area (Å²) in [6, 6.07) is 6.86. The fourth-order valence-electron chi connectivity index (χ4n) is 2.73.